The van der Waals surface area contributed by atoms with E-state index in [0.29, 0.717) is 23.5 Å². The van der Waals surface area contributed by atoms with Gasteiger partial charge in [-0.15, -0.1) is 0 Å². The molecule has 0 saturated heterocycles. The number of hydrogen-bond donors (Lipinski definition) is 1. The molecule has 0 radical (unpaired) electrons. The van der Waals surface area contributed by atoms with Crippen molar-refractivity contribution < 1.29 is 26.7 Å². The van der Waals surface area contributed by atoms with E-state index in [1.165, 1.54) is 17.8 Å². The summed E-state index contributed by atoms with van der Waals surface area (Å²) in [4.78, 5) is 2.54. The molecule has 1 aliphatic rings. The number of sulfone groups is 1. The second-order valence-electron chi connectivity index (χ2n) is 5.38. The Labute approximate surface area is 147 Å². The zero-order valence-corrected chi connectivity index (χ0v) is 14.5. The maximum Gasteiger partial charge on any atom is 0.501 e. The number of aliphatic hydroxyl groups is 1. The molecule has 2 aromatic rings. The quantitative estimate of drug-likeness (QED) is 0.858. The van der Waals surface area contributed by atoms with E-state index in [-0.39, 0.29) is 6.61 Å². The Kier molecular flexibility index (Phi) is 4.74. The first kappa shape index (κ1) is 18.1. The molecule has 1 N–H and O–H groups in total. The van der Waals surface area contributed by atoms with E-state index in [9.17, 15) is 21.6 Å². The van der Waals surface area contributed by atoms with Crippen LogP contribution >= 0.6 is 11.8 Å². The van der Waals surface area contributed by atoms with Crippen molar-refractivity contribution in [2.75, 3.05) is 18.1 Å². The Morgan fingerprint density at radius 2 is 1.72 bits per heavy atom. The molecule has 1 aliphatic heterocycles. The van der Waals surface area contributed by atoms with Gasteiger partial charge in [-0.25, -0.2) is 8.42 Å². The van der Waals surface area contributed by atoms with Gasteiger partial charge in [0.15, 0.2) is 0 Å². The maximum atomic E-state index is 12.9. The van der Waals surface area contributed by atoms with Crippen molar-refractivity contribution in [2.24, 2.45) is 0 Å². The second-order valence-corrected chi connectivity index (χ2v) is 8.40. The molecule has 25 heavy (non-hydrogen) atoms. The normalized spacial score (nSPS) is 14.2. The molecule has 0 aliphatic carbocycles. The van der Waals surface area contributed by atoms with Gasteiger partial charge in [-0.2, -0.15) is 13.2 Å². The van der Waals surface area contributed by atoms with Gasteiger partial charge in [0.25, 0.3) is 9.84 Å². The number of nitrogens with zero attached hydrogens (tertiary/aromatic N) is 1. The van der Waals surface area contributed by atoms with E-state index < -0.39 is 20.2 Å². The van der Waals surface area contributed by atoms with Crippen molar-refractivity contribution in [3.8, 4) is 0 Å². The van der Waals surface area contributed by atoms with Crippen LogP contribution in [0.1, 0.15) is 6.42 Å². The number of fused-ring (bicyclic) bond motifs is 2. The maximum absolute atomic E-state index is 12.9. The van der Waals surface area contributed by atoms with Crippen LogP contribution < -0.4 is 4.90 Å². The van der Waals surface area contributed by atoms with Gasteiger partial charge in [-0.1, -0.05) is 23.9 Å². The van der Waals surface area contributed by atoms with Gasteiger partial charge in [0.1, 0.15) is 0 Å². The monoisotopic (exact) mass is 389 g/mol. The SMILES string of the molecule is O=S(=O)(c1ccc2c(c1)N(CCCO)c1ccccc1S2)C(F)(F)F. The average molecular weight is 389 g/mol. The van der Waals surface area contributed by atoms with E-state index in [4.69, 9.17) is 5.11 Å². The van der Waals surface area contributed by atoms with E-state index in [2.05, 4.69) is 0 Å². The van der Waals surface area contributed by atoms with Gasteiger partial charge in [0, 0.05) is 22.9 Å². The number of hydrogen-bond acceptors (Lipinski definition) is 5. The first-order valence-corrected chi connectivity index (χ1v) is 9.66. The fourth-order valence-electron chi connectivity index (χ4n) is 2.58. The standard InChI is InChI=1S/C16H14F3NO3S2/c17-16(18,19)25(22,23)11-6-7-15-13(10-11)20(8-3-9-21)12-4-1-2-5-14(12)24-15/h1-2,4-7,10,21H,3,8-9H2. The number of benzene rings is 2. The predicted molar refractivity (Wildman–Crippen MR) is 89.0 cm³/mol. The Bertz CT molecular complexity index is 898. The summed E-state index contributed by atoms with van der Waals surface area (Å²) in [7, 11) is -5.42. The fourth-order valence-corrected chi connectivity index (χ4v) is 4.44. The van der Waals surface area contributed by atoms with Crippen molar-refractivity contribution in [1.29, 1.82) is 0 Å². The molecule has 0 saturated carbocycles. The van der Waals surface area contributed by atoms with Crippen LogP contribution in [0.5, 0.6) is 0 Å². The molecule has 0 bridgehead atoms. The van der Waals surface area contributed by atoms with Gasteiger partial charge in [-0.05, 0) is 36.8 Å². The Hall–Kier alpha value is -1.71. The summed E-state index contributed by atoms with van der Waals surface area (Å²) in [6.07, 6.45) is 0.398. The largest absolute Gasteiger partial charge is 0.501 e. The van der Waals surface area contributed by atoms with Crippen molar-refractivity contribution in [1.82, 2.24) is 0 Å². The van der Waals surface area contributed by atoms with Gasteiger partial charge in [-0.3, -0.25) is 0 Å². The number of para-hydroxylation sites is 1. The van der Waals surface area contributed by atoms with E-state index in [1.54, 1.807) is 11.0 Å². The smallest absolute Gasteiger partial charge is 0.396 e. The first-order chi connectivity index (χ1) is 11.8. The van der Waals surface area contributed by atoms with Crippen LogP contribution in [0.2, 0.25) is 0 Å². The summed E-state index contributed by atoms with van der Waals surface area (Å²) in [5, 5.41) is 9.11. The summed E-state index contributed by atoms with van der Waals surface area (Å²) in [6.45, 7) is 0.276. The average Bonchev–Trinajstić information content (AvgIpc) is 2.57. The highest BCUT2D eigenvalue weighted by atomic mass is 32.2. The Morgan fingerprint density at radius 1 is 1.04 bits per heavy atom. The van der Waals surface area contributed by atoms with E-state index >= 15 is 0 Å². The fraction of sp³-hybridized carbons (Fsp3) is 0.250. The van der Waals surface area contributed by atoms with Crippen LogP contribution in [-0.4, -0.2) is 32.2 Å². The molecule has 0 spiro atoms. The molecule has 0 amide bonds. The molecule has 0 fully saturated rings. The van der Waals surface area contributed by atoms with Gasteiger partial charge >= 0.3 is 5.51 Å². The highest BCUT2D eigenvalue weighted by molar-refractivity contribution is 7.99. The number of halogens is 3. The minimum Gasteiger partial charge on any atom is -0.396 e. The zero-order chi connectivity index (χ0) is 18.2. The summed E-state index contributed by atoms with van der Waals surface area (Å²) in [5.41, 5.74) is -4.19. The molecule has 4 nitrogen and oxygen atoms in total. The third kappa shape index (κ3) is 3.23. The lowest BCUT2D eigenvalue weighted by Crippen LogP contribution is -2.25. The van der Waals surface area contributed by atoms with Crippen LogP contribution in [0.4, 0.5) is 24.5 Å². The predicted octanol–water partition coefficient (Wildman–Crippen LogP) is 3.97. The molecule has 1 heterocycles. The number of aliphatic hydroxyl groups excluding tert-OH is 1. The van der Waals surface area contributed by atoms with Crippen LogP contribution in [-0.2, 0) is 9.84 Å². The van der Waals surface area contributed by atoms with Gasteiger partial charge < -0.3 is 10.0 Å². The molecular weight excluding hydrogens is 375 g/mol. The second kappa shape index (κ2) is 6.54. The van der Waals surface area contributed by atoms with Crippen LogP contribution in [0.3, 0.4) is 0 Å². The molecule has 9 heteroatoms. The summed E-state index contributed by atoms with van der Waals surface area (Å²) in [5.74, 6) is 0. The van der Waals surface area contributed by atoms with Crippen LogP contribution in [0.25, 0.3) is 0 Å². The number of alkyl halides is 3. The lowest BCUT2D eigenvalue weighted by atomic mass is 10.2. The number of rotatable bonds is 4. The van der Waals surface area contributed by atoms with Crippen molar-refractivity contribution in [2.45, 2.75) is 26.6 Å². The summed E-state index contributed by atoms with van der Waals surface area (Å²) >= 11 is 1.37. The van der Waals surface area contributed by atoms with Gasteiger partial charge in [0.2, 0.25) is 0 Å². The van der Waals surface area contributed by atoms with Crippen molar-refractivity contribution >= 4 is 33.0 Å². The minimum absolute atomic E-state index is 0.0817. The molecule has 0 unspecified atom stereocenters. The highest BCUT2D eigenvalue weighted by Crippen LogP contribution is 2.49. The summed E-state index contributed by atoms with van der Waals surface area (Å²) < 4.78 is 62.0. The molecule has 0 aromatic heterocycles. The topological polar surface area (TPSA) is 57.6 Å². The first-order valence-electron chi connectivity index (χ1n) is 7.36. The van der Waals surface area contributed by atoms with Crippen LogP contribution in [0.15, 0.2) is 57.2 Å². The van der Waals surface area contributed by atoms with Crippen LogP contribution in [0, 0.1) is 0 Å². The number of anilines is 2. The Balaban J connectivity index is 2.12. The lowest BCUT2D eigenvalue weighted by Gasteiger charge is -2.33. The molecule has 134 valence electrons. The minimum atomic E-state index is -5.42. The lowest BCUT2D eigenvalue weighted by molar-refractivity contribution is -0.0436. The van der Waals surface area contributed by atoms with E-state index in [1.807, 2.05) is 18.2 Å². The molecule has 0 atom stereocenters. The third-order valence-corrected chi connectivity index (χ3v) is 6.37. The highest BCUT2D eigenvalue weighted by Gasteiger charge is 2.47. The molecular formula is C16H14F3NO3S2. The third-order valence-electron chi connectivity index (χ3n) is 3.75. The van der Waals surface area contributed by atoms with E-state index in [0.717, 1.165) is 22.7 Å². The molecule has 3 rings (SSSR count). The Morgan fingerprint density at radius 3 is 2.40 bits per heavy atom. The van der Waals surface area contributed by atoms with Crippen molar-refractivity contribution in [3.63, 3.8) is 0 Å². The molecule has 2 aromatic carbocycles. The summed E-state index contributed by atoms with van der Waals surface area (Å²) in [6, 6.07) is 10.8. The van der Waals surface area contributed by atoms with Crippen molar-refractivity contribution in [3.05, 3.63) is 42.5 Å². The zero-order valence-electron chi connectivity index (χ0n) is 12.8. The van der Waals surface area contributed by atoms with Gasteiger partial charge in [0.05, 0.1) is 16.3 Å².